The zero-order valence-electron chi connectivity index (χ0n) is 9.25. The fourth-order valence-corrected chi connectivity index (χ4v) is 1.22. The predicted octanol–water partition coefficient (Wildman–Crippen LogP) is 1.42. The Bertz CT molecular complexity index is 351. The van der Waals surface area contributed by atoms with Crippen LogP contribution in [0, 0.1) is 16.0 Å². The minimum Gasteiger partial charge on any atom is -0.394 e. The first kappa shape index (κ1) is 12.4. The zero-order chi connectivity index (χ0) is 12.1. The molecule has 0 amide bonds. The topological polar surface area (TPSA) is 88.3 Å². The average molecular weight is 225 g/mol. The maximum Gasteiger partial charge on any atom is 0.363 e. The van der Waals surface area contributed by atoms with E-state index in [9.17, 15) is 10.1 Å². The van der Waals surface area contributed by atoms with Crippen LogP contribution in [0.15, 0.2) is 18.3 Å². The van der Waals surface area contributed by atoms with Gasteiger partial charge in [0, 0.05) is 6.07 Å². The summed E-state index contributed by atoms with van der Waals surface area (Å²) in [7, 11) is 0. The summed E-state index contributed by atoms with van der Waals surface area (Å²) in [5.41, 5.74) is 0.665. The van der Waals surface area contributed by atoms with Gasteiger partial charge in [0.2, 0.25) is 0 Å². The number of nitro groups is 1. The lowest BCUT2D eigenvalue weighted by Crippen LogP contribution is -2.29. The number of aliphatic hydroxyl groups is 1. The highest BCUT2D eigenvalue weighted by atomic mass is 16.6. The average Bonchev–Trinajstić information content (AvgIpc) is 2.26. The van der Waals surface area contributed by atoms with Crippen LogP contribution >= 0.6 is 0 Å². The molecule has 1 aromatic rings. The standard InChI is InChI=1S/C10H15N3O3/c1-7(2)9(6-14)12-8-3-4-10(11-5-8)13(15)16/h3-5,7,9,12,14H,6H2,1-2H3/t9-/m1/s1. The summed E-state index contributed by atoms with van der Waals surface area (Å²) in [5.74, 6) is 0.0795. The third kappa shape index (κ3) is 3.16. The van der Waals surface area contributed by atoms with Crippen LogP contribution in [0.5, 0.6) is 0 Å². The highest BCUT2D eigenvalue weighted by Crippen LogP contribution is 2.14. The fourth-order valence-electron chi connectivity index (χ4n) is 1.22. The Morgan fingerprint density at radius 1 is 1.56 bits per heavy atom. The van der Waals surface area contributed by atoms with Gasteiger partial charge >= 0.3 is 5.82 Å². The Balaban J connectivity index is 2.71. The summed E-state index contributed by atoms with van der Waals surface area (Å²) in [6.07, 6.45) is 1.39. The summed E-state index contributed by atoms with van der Waals surface area (Å²) in [5, 5.41) is 22.6. The van der Waals surface area contributed by atoms with Crippen molar-refractivity contribution in [1.29, 1.82) is 0 Å². The Labute approximate surface area is 93.5 Å². The Kier molecular flexibility index (Phi) is 4.19. The van der Waals surface area contributed by atoms with E-state index in [1.165, 1.54) is 12.3 Å². The van der Waals surface area contributed by atoms with Crippen molar-refractivity contribution in [3.8, 4) is 0 Å². The van der Waals surface area contributed by atoms with Crippen LogP contribution in [0.3, 0.4) is 0 Å². The van der Waals surface area contributed by atoms with Gasteiger partial charge in [-0.05, 0) is 21.9 Å². The van der Waals surface area contributed by atoms with E-state index < -0.39 is 4.92 Å². The van der Waals surface area contributed by atoms with Crippen molar-refractivity contribution in [2.24, 2.45) is 5.92 Å². The number of pyridine rings is 1. The Morgan fingerprint density at radius 2 is 2.25 bits per heavy atom. The highest BCUT2D eigenvalue weighted by molar-refractivity contribution is 5.44. The van der Waals surface area contributed by atoms with Crippen molar-refractivity contribution in [2.75, 3.05) is 11.9 Å². The van der Waals surface area contributed by atoms with Crippen LogP contribution in [0.1, 0.15) is 13.8 Å². The van der Waals surface area contributed by atoms with E-state index >= 15 is 0 Å². The molecular formula is C10H15N3O3. The van der Waals surface area contributed by atoms with Gasteiger partial charge in [-0.3, -0.25) is 0 Å². The number of aliphatic hydroxyl groups excluding tert-OH is 1. The van der Waals surface area contributed by atoms with E-state index in [2.05, 4.69) is 10.3 Å². The quantitative estimate of drug-likeness (QED) is 0.584. The maximum absolute atomic E-state index is 10.4. The molecule has 1 heterocycles. The van der Waals surface area contributed by atoms with Crippen LogP contribution in [-0.4, -0.2) is 27.7 Å². The summed E-state index contributed by atoms with van der Waals surface area (Å²) in [6, 6.07) is 2.83. The van der Waals surface area contributed by atoms with Crippen LogP contribution in [-0.2, 0) is 0 Å². The molecule has 0 saturated heterocycles. The van der Waals surface area contributed by atoms with Crippen LogP contribution in [0.4, 0.5) is 11.5 Å². The van der Waals surface area contributed by atoms with Crippen molar-refractivity contribution in [1.82, 2.24) is 4.98 Å². The number of hydrogen-bond acceptors (Lipinski definition) is 5. The first-order valence-corrected chi connectivity index (χ1v) is 5.02. The Hall–Kier alpha value is -1.69. The van der Waals surface area contributed by atoms with E-state index in [0.29, 0.717) is 5.69 Å². The smallest absolute Gasteiger partial charge is 0.363 e. The molecule has 0 spiro atoms. The van der Waals surface area contributed by atoms with Gasteiger partial charge in [-0.25, -0.2) is 0 Å². The second-order valence-corrected chi connectivity index (χ2v) is 3.84. The van der Waals surface area contributed by atoms with Crippen molar-refractivity contribution in [2.45, 2.75) is 19.9 Å². The number of nitrogens with zero attached hydrogens (tertiary/aromatic N) is 2. The zero-order valence-corrected chi connectivity index (χ0v) is 9.25. The van der Waals surface area contributed by atoms with Gasteiger partial charge in [0.1, 0.15) is 0 Å². The van der Waals surface area contributed by atoms with Crippen molar-refractivity contribution < 1.29 is 10.0 Å². The fraction of sp³-hybridized carbons (Fsp3) is 0.500. The monoisotopic (exact) mass is 225 g/mol. The van der Waals surface area contributed by atoms with Crippen LogP contribution in [0.25, 0.3) is 0 Å². The molecule has 0 fully saturated rings. The third-order valence-corrected chi connectivity index (χ3v) is 2.29. The molecule has 0 radical (unpaired) electrons. The van der Waals surface area contributed by atoms with E-state index in [-0.39, 0.29) is 24.4 Å². The molecule has 1 atom stereocenters. The molecule has 0 bridgehead atoms. The first-order valence-electron chi connectivity index (χ1n) is 5.02. The Morgan fingerprint density at radius 3 is 2.62 bits per heavy atom. The molecule has 1 rings (SSSR count). The van der Waals surface area contributed by atoms with Gasteiger partial charge in [0.25, 0.3) is 0 Å². The van der Waals surface area contributed by atoms with Gasteiger partial charge < -0.3 is 20.5 Å². The van der Waals surface area contributed by atoms with E-state index in [1.807, 2.05) is 13.8 Å². The molecule has 1 aromatic heterocycles. The van der Waals surface area contributed by atoms with Gasteiger partial charge in [-0.1, -0.05) is 13.8 Å². The van der Waals surface area contributed by atoms with E-state index in [4.69, 9.17) is 5.11 Å². The summed E-state index contributed by atoms with van der Waals surface area (Å²) >= 11 is 0. The molecule has 0 saturated carbocycles. The molecule has 0 aromatic carbocycles. The molecule has 0 unspecified atom stereocenters. The van der Waals surface area contributed by atoms with Crippen LogP contribution < -0.4 is 5.32 Å². The lowest BCUT2D eigenvalue weighted by molar-refractivity contribution is -0.389. The predicted molar refractivity (Wildman–Crippen MR) is 60.2 cm³/mol. The van der Waals surface area contributed by atoms with Gasteiger partial charge in [0.05, 0.1) is 18.3 Å². The number of anilines is 1. The normalized spacial score (nSPS) is 12.5. The number of nitrogens with one attached hydrogen (secondary N) is 1. The van der Waals surface area contributed by atoms with Crippen LogP contribution in [0.2, 0.25) is 0 Å². The van der Waals surface area contributed by atoms with Crippen molar-refractivity contribution in [3.05, 3.63) is 28.4 Å². The van der Waals surface area contributed by atoms with Gasteiger partial charge in [0.15, 0.2) is 6.20 Å². The van der Waals surface area contributed by atoms with Gasteiger partial charge in [-0.15, -0.1) is 0 Å². The van der Waals surface area contributed by atoms with E-state index in [0.717, 1.165) is 0 Å². The molecule has 0 aliphatic heterocycles. The minimum absolute atomic E-state index is 0.00859. The second-order valence-electron chi connectivity index (χ2n) is 3.84. The third-order valence-electron chi connectivity index (χ3n) is 2.29. The molecular weight excluding hydrogens is 210 g/mol. The number of aromatic nitrogens is 1. The lowest BCUT2D eigenvalue weighted by Gasteiger charge is -2.20. The largest absolute Gasteiger partial charge is 0.394 e. The maximum atomic E-state index is 10.4. The first-order chi connectivity index (χ1) is 7.54. The minimum atomic E-state index is -0.546. The SMILES string of the molecule is CC(C)[C@@H](CO)Nc1ccc([N+](=O)[O-])nc1. The van der Waals surface area contributed by atoms with Crippen molar-refractivity contribution >= 4 is 11.5 Å². The number of hydrogen-bond donors (Lipinski definition) is 2. The molecule has 6 heteroatoms. The van der Waals surface area contributed by atoms with Crippen molar-refractivity contribution in [3.63, 3.8) is 0 Å². The number of rotatable bonds is 5. The van der Waals surface area contributed by atoms with E-state index in [1.54, 1.807) is 6.07 Å². The summed E-state index contributed by atoms with van der Waals surface area (Å²) in [6.45, 7) is 3.97. The molecule has 0 aliphatic rings. The molecule has 2 N–H and O–H groups in total. The molecule has 88 valence electrons. The molecule has 16 heavy (non-hydrogen) atoms. The lowest BCUT2D eigenvalue weighted by atomic mass is 10.1. The highest BCUT2D eigenvalue weighted by Gasteiger charge is 2.13. The molecule has 6 nitrogen and oxygen atoms in total. The van der Waals surface area contributed by atoms with Gasteiger partial charge in [-0.2, -0.15) is 0 Å². The molecule has 0 aliphatic carbocycles. The summed E-state index contributed by atoms with van der Waals surface area (Å²) < 4.78 is 0. The second kappa shape index (κ2) is 5.41. The summed E-state index contributed by atoms with van der Waals surface area (Å²) in [4.78, 5) is 13.5.